The van der Waals surface area contributed by atoms with E-state index in [1.54, 1.807) is 7.11 Å². The Balaban J connectivity index is 1.83. The highest BCUT2D eigenvalue weighted by Gasteiger charge is 2.14. The van der Waals surface area contributed by atoms with E-state index in [-0.39, 0.29) is 11.9 Å². The van der Waals surface area contributed by atoms with E-state index in [2.05, 4.69) is 10.3 Å². The third-order valence-electron chi connectivity index (χ3n) is 3.78. The lowest BCUT2D eigenvalue weighted by molar-refractivity contribution is 0.0941. The summed E-state index contributed by atoms with van der Waals surface area (Å²) >= 11 is 0. The molecule has 0 radical (unpaired) electrons. The third-order valence-corrected chi connectivity index (χ3v) is 3.78. The monoisotopic (exact) mass is 294 g/mol. The first-order valence-electron chi connectivity index (χ1n) is 7.20. The van der Waals surface area contributed by atoms with E-state index in [4.69, 9.17) is 4.74 Å². The quantitative estimate of drug-likeness (QED) is 0.771. The first-order valence-corrected chi connectivity index (χ1v) is 7.20. The molecule has 112 valence electrons. The van der Waals surface area contributed by atoms with E-state index in [9.17, 15) is 4.79 Å². The van der Waals surface area contributed by atoms with Crippen LogP contribution in [0.2, 0.25) is 0 Å². The Morgan fingerprint density at radius 3 is 2.82 bits per heavy atom. The SMILES string of the molecule is COc1cccc(C(C)NC(=O)c2cccc3[nH]ccc23)c1. The van der Waals surface area contributed by atoms with Gasteiger partial charge >= 0.3 is 0 Å². The molecule has 2 aromatic carbocycles. The van der Waals surface area contributed by atoms with Gasteiger partial charge in [0.05, 0.1) is 13.2 Å². The molecule has 0 bridgehead atoms. The maximum absolute atomic E-state index is 12.5. The maximum Gasteiger partial charge on any atom is 0.252 e. The zero-order chi connectivity index (χ0) is 15.5. The first kappa shape index (κ1) is 14.2. The molecule has 4 heteroatoms. The number of methoxy groups -OCH3 is 1. The van der Waals surface area contributed by atoms with E-state index < -0.39 is 0 Å². The van der Waals surface area contributed by atoms with Gasteiger partial charge in [-0.25, -0.2) is 0 Å². The van der Waals surface area contributed by atoms with E-state index >= 15 is 0 Å². The number of H-pyrrole nitrogens is 1. The summed E-state index contributed by atoms with van der Waals surface area (Å²) in [6.45, 7) is 1.96. The van der Waals surface area contributed by atoms with Crippen molar-refractivity contribution in [2.45, 2.75) is 13.0 Å². The second kappa shape index (κ2) is 5.93. The molecule has 0 saturated heterocycles. The van der Waals surface area contributed by atoms with Gasteiger partial charge in [-0.3, -0.25) is 4.79 Å². The van der Waals surface area contributed by atoms with Crippen LogP contribution in [0, 0.1) is 0 Å². The first-order chi connectivity index (χ1) is 10.7. The predicted molar refractivity (Wildman–Crippen MR) is 87.2 cm³/mol. The summed E-state index contributed by atoms with van der Waals surface area (Å²) in [6.07, 6.45) is 1.84. The molecule has 1 unspecified atom stereocenters. The van der Waals surface area contributed by atoms with E-state index in [0.717, 1.165) is 22.2 Å². The van der Waals surface area contributed by atoms with Gasteiger partial charge in [-0.05, 0) is 42.8 Å². The minimum atomic E-state index is -0.100. The highest BCUT2D eigenvalue weighted by molar-refractivity contribution is 6.06. The smallest absolute Gasteiger partial charge is 0.252 e. The van der Waals surface area contributed by atoms with Crippen LogP contribution in [0.15, 0.2) is 54.7 Å². The minimum Gasteiger partial charge on any atom is -0.497 e. The van der Waals surface area contributed by atoms with E-state index in [1.165, 1.54) is 0 Å². The Labute approximate surface area is 129 Å². The van der Waals surface area contributed by atoms with Crippen molar-refractivity contribution in [2.24, 2.45) is 0 Å². The van der Waals surface area contributed by atoms with Crippen molar-refractivity contribution < 1.29 is 9.53 Å². The van der Waals surface area contributed by atoms with Crippen LogP contribution in [0.3, 0.4) is 0 Å². The zero-order valence-corrected chi connectivity index (χ0v) is 12.6. The second-order valence-corrected chi connectivity index (χ2v) is 5.22. The molecule has 3 rings (SSSR count). The van der Waals surface area contributed by atoms with Gasteiger partial charge < -0.3 is 15.0 Å². The van der Waals surface area contributed by atoms with Crippen molar-refractivity contribution in [3.63, 3.8) is 0 Å². The normalized spacial score (nSPS) is 12.1. The highest BCUT2D eigenvalue weighted by atomic mass is 16.5. The Bertz CT molecular complexity index is 807. The Kier molecular flexibility index (Phi) is 3.83. The van der Waals surface area contributed by atoms with Crippen LogP contribution < -0.4 is 10.1 Å². The number of amides is 1. The summed E-state index contributed by atoms with van der Waals surface area (Å²) < 4.78 is 5.23. The third kappa shape index (κ3) is 2.68. The number of carbonyl (C=O) groups excluding carboxylic acids is 1. The highest BCUT2D eigenvalue weighted by Crippen LogP contribution is 2.21. The van der Waals surface area contributed by atoms with Gasteiger partial charge in [-0.1, -0.05) is 18.2 Å². The topological polar surface area (TPSA) is 54.1 Å². The van der Waals surface area contributed by atoms with E-state index in [1.807, 2.05) is 61.7 Å². The van der Waals surface area contributed by atoms with Crippen LogP contribution in [0.5, 0.6) is 5.75 Å². The molecule has 4 nitrogen and oxygen atoms in total. The lowest BCUT2D eigenvalue weighted by Crippen LogP contribution is -2.26. The summed E-state index contributed by atoms with van der Waals surface area (Å²) in [5.74, 6) is 0.701. The van der Waals surface area contributed by atoms with Gasteiger partial charge in [0, 0.05) is 22.7 Å². The molecule has 0 fully saturated rings. The number of hydrogen-bond acceptors (Lipinski definition) is 2. The number of ether oxygens (including phenoxy) is 1. The lowest BCUT2D eigenvalue weighted by atomic mass is 10.1. The molecule has 2 N–H and O–H groups in total. The maximum atomic E-state index is 12.5. The number of aromatic amines is 1. The van der Waals surface area contributed by atoms with Crippen molar-refractivity contribution in [3.05, 3.63) is 65.9 Å². The molecule has 1 amide bonds. The molecule has 1 heterocycles. The lowest BCUT2D eigenvalue weighted by Gasteiger charge is -2.15. The fraction of sp³-hybridized carbons (Fsp3) is 0.167. The van der Waals surface area contributed by atoms with Crippen LogP contribution in [-0.2, 0) is 0 Å². The summed E-state index contributed by atoms with van der Waals surface area (Å²) in [5, 5.41) is 3.97. The van der Waals surface area contributed by atoms with Gasteiger partial charge in [0.1, 0.15) is 5.75 Å². The number of carbonyl (C=O) groups is 1. The minimum absolute atomic E-state index is 0.0829. The molecule has 0 aliphatic rings. The van der Waals surface area contributed by atoms with Crippen molar-refractivity contribution in [1.29, 1.82) is 0 Å². The largest absolute Gasteiger partial charge is 0.497 e. The van der Waals surface area contributed by atoms with Crippen LogP contribution in [0.4, 0.5) is 0 Å². The van der Waals surface area contributed by atoms with Gasteiger partial charge in [-0.15, -0.1) is 0 Å². The van der Waals surface area contributed by atoms with Crippen molar-refractivity contribution in [1.82, 2.24) is 10.3 Å². The number of aromatic nitrogens is 1. The molecular weight excluding hydrogens is 276 g/mol. The Morgan fingerprint density at radius 1 is 1.18 bits per heavy atom. The van der Waals surface area contributed by atoms with Crippen LogP contribution in [0.25, 0.3) is 10.9 Å². The van der Waals surface area contributed by atoms with Crippen LogP contribution in [-0.4, -0.2) is 18.0 Å². The number of rotatable bonds is 4. The second-order valence-electron chi connectivity index (χ2n) is 5.22. The molecule has 1 atom stereocenters. The predicted octanol–water partition coefficient (Wildman–Crippen LogP) is 3.67. The summed E-state index contributed by atoms with van der Waals surface area (Å²) in [7, 11) is 1.63. The van der Waals surface area contributed by atoms with Crippen molar-refractivity contribution in [3.8, 4) is 5.75 Å². The molecule has 1 aromatic heterocycles. The molecule has 0 saturated carbocycles. The molecule has 0 spiro atoms. The van der Waals surface area contributed by atoms with Crippen LogP contribution in [0.1, 0.15) is 28.9 Å². The number of hydrogen-bond donors (Lipinski definition) is 2. The number of benzene rings is 2. The Hall–Kier alpha value is -2.75. The molecule has 0 aliphatic carbocycles. The standard InChI is InChI=1S/C18H18N2O2/c1-12(13-5-3-6-14(11-13)22-2)20-18(21)16-7-4-8-17-15(16)9-10-19-17/h3-12,19H,1-2H3,(H,20,21). The number of fused-ring (bicyclic) bond motifs is 1. The van der Waals surface area contributed by atoms with Gasteiger partial charge in [0.15, 0.2) is 0 Å². The summed E-state index contributed by atoms with van der Waals surface area (Å²) in [5.41, 5.74) is 2.64. The fourth-order valence-electron chi connectivity index (χ4n) is 2.55. The fourth-order valence-corrected chi connectivity index (χ4v) is 2.55. The molecule has 22 heavy (non-hydrogen) atoms. The Morgan fingerprint density at radius 2 is 2.00 bits per heavy atom. The molecule has 0 aliphatic heterocycles. The summed E-state index contributed by atoms with van der Waals surface area (Å²) in [6, 6.07) is 15.2. The number of nitrogens with one attached hydrogen (secondary N) is 2. The van der Waals surface area contributed by atoms with E-state index in [0.29, 0.717) is 5.56 Å². The average Bonchev–Trinajstić information content (AvgIpc) is 3.03. The summed E-state index contributed by atoms with van der Waals surface area (Å²) in [4.78, 5) is 15.7. The van der Waals surface area contributed by atoms with Gasteiger partial charge in [0.2, 0.25) is 0 Å². The van der Waals surface area contributed by atoms with Gasteiger partial charge in [-0.2, -0.15) is 0 Å². The zero-order valence-electron chi connectivity index (χ0n) is 12.6. The average molecular weight is 294 g/mol. The molecule has 3 aromatic rings. The molecular formula is C18H18N2O2. The van der Waals surface area contributed by atoms with Gasteiger partial charge in [0.25, 0.3) is 5.91 Å². The van der Waals surface area contributed by atoms with Crippen molar-refractivity contribution in [2.75, 3.05) is 7.11 Å². The van der Waals surface area contributed by atoms with Crippen molar-refractivity contribution >= 4 is 16.8 Å². The van der Waals surface area contributed by atoms with Crippen LogP contribution >= 0.6 is 0 Å².